The second-order valence-electron chi connectivity index (χ2n) is 5.24. The summed E-state index contributed by atoms with van der Waals surface area (Å²) in [6.45, 7) is 11.7. The molecule has 102 valence electrons. The van der Waals surface area contributed by atoms with E-state index in [2.05, 4.69) is 51.0 Å². The first kappa shape index (κ1) is 15.0. The Morgan fingerprint density at radius 2 is 2.00 bits per heavy atom. The number of rotatable bonds is 7. The largest absolute Gasteiger partial charge is 0.474 e. The van der Waals surface area contributed by atoms with Gasteiger partial charge < -0.3 is 10.1 Å². The van der Waals surface area contributed by atoms with Crippen molar-refractivity contribution in [2.45, 2.75) is 53.2 Å². The molecule has 0 saturated heterocycles. The van der Waals surface area contributed by atoms with Crippen molar-refractivity contribution in [1.82, 2.24) is 10.3 Å². The Balaban J connectivity index is 2.75. The third-order valence-corrected chi connectivity index (χ3v) is 2.89. The second kappa shape index (κ2) is 7.37. The number of ether oxygens (including phenoxy) is 1. The van der Waals surface area contributed by atoms with Gasteiger partial charge in [-0.15, -0.1) is 0 Å². The van der Waals surface area contributed by atoms with E-state index in [9.17, 15) is 0 Å². The standard InChI is InChI=1S/C15H26N2O/c1-6-16-13(5)14-8-7-9-17-15(14)18-12(4)10-11(2)3/h7-9,11-13,16H,6,10H2,1-5H3. The molecule has 1 rings (SSSR count). The van der Waals surface area contributed by atoms with E-state index in [0.717, 1.165) is 24.4 Å². The average Bonchev–Trinajstić information content (AvgIpc) is 2.28. The molecule has 2 atom stereocenters. The fourth-order valence-electron chi connectivity index (χ4n) is 2.15. The Labute approximate surface area is 111 Å². The number of hydrogen-bond donors (Lipinski definition) is 1. The Kier molecular flexibility index (Phi) is 6.13. The highest BCUT2D eigenvalue weighted by atomic mass is 16.5. The van der Waals surface area contributed by atoms with E-state index in [1.807, 2.05) is 6.07 Å². The quantitative estimate of drug-likeness (QED) is 0.803. The summed E-state index contributed by atoms with van der Waals surface area (Å²) in [4.78, 5) is 4.37. The highest BCUT2D eigenvalue weighted by molar-refractivity contribution is 5.28. The lowest BCUT2D eigenvalue weighted by atomic mass is 10.1. The number of aromatic nitrogens is 1. The minimum atomic E-state index is 0.201. The molecule has 0 bridgehead atoms. The van der Waals surface area contributed by atoms with Crippen molar-refractivity contribution < 1.29 is 4.74 Å². The van der Waals surface area contributed by atoms with Gasteiger partial charge in [-0.1, -0.05) is 26.8 Å². The summed E-state index contributed by atoms with van der Waals surface area (Å²) in [6, 6.07) is 4.31. The van der Waals surface area contributed by atoms with Gasteiger partial charge >= 0.3 is 0 Å². The van der Waals surface area contributed by atoms with Gasteiger partial charge in [0.05, 0.1) is 6.10 Å². The molecule has 0 aliphatic carbocycles. The molecule has 0 fully saturated rings. The number of hydrogen-bond acceptors (Lipinski definition) is 3. The Morgan fingerprint density at radius 3 is 2.61 bits per heavy atom. The predicted molar refractivity (Wildman–Crippen MR) is 75.9 cm³/mol. The summed E-state index contributed by atoms with van der Waals surface area (Å²) in [5, 5.41) is 3.40. The molecule has 1 heterocycles. The molecule has 0 aromatic carbocycles. The molecule has 1 aromatic heterocycles. The molecule has 3 heteroatoms. The van der Waals surface area contributed by atoms with E-state index in [-0.39, 0.29) is 12.1 Å². The second-order valence-corrected chi connectivity index (χ2v) is 5.24. The van der Waals surface area contributed by atoms with E-state index < -0.39 is 0 Å². The van der Waals surface area contributed by atoms with Gasteiger partial charge in [-0.2, -0.15) is 0 Å². The third-order valence-electron chi connectivity index (χ3n) is 2.89. The fourth-order valence-corrected chi connectivity index (χ4v) is 2.15. The van der Waals surface area contributed by atoms with Crippen LogP contribution in [0.4, 0.5) is 0 Å². The molecule has 0 spiro atoms. The first-order valence-electron chi connectivity index (χ1n) is 6.89. The van der Waals surface area contributed by atoms with E-state index >= 15 is 0 Å². The van der Waals surface area contributed by atoms with Crippen molar-refractivity contribution in [3.63, 3.8) is 0 Å². The van der Waals surface area contributed by atoms with Crippen LogP contribution in [0.15, 0.2) is 18.3 Å². The zero-order chi connectivity index (χ0) is 13.5. The summed E-state index contributed by atoms with van der Waals surface area (Å²) < 4.78 is 5.97. The topological polar surface area (TPSA) is 34.2 Å². The minimum absolute atomic E-state index is 0.201. The van der Waals surface area contributed by atoms with Gasteiger partial charge in [0.1, 0.15) is 0 Å². The molecule has 2 unspecified atom stereocenters. The highest BCUT2D eigenvalue weighted by Gasteiger charge is 2.14. The van der Waals surface area contributed by atoms with E-state index in [0.29, 0.717) is 5.92 Å². The molecular formula is C15H26N2O. The summed E-state index contributed by atoms with van der Waals surface area (Å²) in [5.41, 5.74) is 1.13. The van der Waals surface area contributed by atoms with Crippen LogP contribution in [0.5, 0.6) is 5.88 Å². The third kappa shape index (κ3) is 4.65. The Bertz CT molecular complexity index is 352. The number of nitrogens with one attached hydrogen (secondary N) is 1. The fraction of sp³-hybridized carbons (Fsp3) is 0.667. The Morgan fingerprint density at radius 1 is 1.28 bits per heavy atom. The van der Waals surface area contributed by atoms with Gasteiger partial charge in [0.2, 0.25) is 5.88 Å². The van der Waals surface area contributed by atoms with E-state index in [4.69, 9.17) is 4.74 Å². The van der Waals surface area contributed by atoms with Crippen LogP contribution in [0.25, 0.3) is 0 Å². The van der Waals surface area contributed by atoms with E-state index in [1.54, 1.807) is 6.20 Å². The number of nitrogens with zero attached hydrogens (tertiary/aromatic N) is 1. The molecule has 0 amide bonds. The van der Waals surface area contributed by atoms with Crippen molar-refractivity contribution in [2.24, 2.45) is 5.92 Å². The molecule has 1 N–H and O–H groups in total. The van der Waals surface area contributed by atoms with Crippen LogP contribution in [0.2, 0.25) is 0 Å². The van der Waals surface area contributed by atoms with Crippen molar-refractivity contribution >= 4 is 0 Å². The first-order chi connectivity index (χ1) is 8.54. The lowest BCUT2D eigenvalue weighted by Gasteiger charge is -2.20. The molecule has 0 saturated carbocycles. The normalized spacial score (nSPS) is 14.6. The minimum Gasteiger partial charge on any atom is -0.474 e. The van der Waals surface area contributed by atoms with Gasteiger partial charge in [-0.05, 0) is 38.8 Å². The van der Waals surface area contributed by atoms with Crippen LogP contribution in [0, 0.1) is 5.92 Å². The SMILES string of the molecule is CCNC(C)c1cccnc1OC(C)CC(C)C. The molecule has 0 aliphatic rings. The zero-order valence-corrected chi connectivity index (χ0v) is 12.2. The summed E-state index contributed by atoms with van der Waals surface area (Å²) >= 11 is 0. The van der Waals surface area contributed by atoms with Crippen LogP contribution in [-0.4, -0.2) is 17.6 Å². The smallest absolute Gasteiger partial charge is 0.218 e. The van der Waals surface area contributed by atoms with Gasteiger partial charge in [-0.3, -0.25) is 0 Å². The van der Waals surface area contributed by atoms with Crippen LogP contribution >= 0.6 is 0 Å². The van der Waals surface area contributed by atoms with Crippen LogP contribution in [-0.2, 0) is 0 Å². The molecule has 1 aromatic rings. The van der Waals surface area contributed by atoms with Crippen LogP contribution in [0.1, 0.15) is 52.6 Å². The lowest BCUT2D eigenvalue weighted by Crippen LogP contribution is -2.21. The summed E-state index contributed by atoms with van der Waals surface area (Å²) in [7, 11) is 0. The lowest BCUT2D eigenvalue weighted by molar-refractivity contribution is 0.182. The number of pyridine rings is 1. The van der Waals surface area contributed by atoms with Crippen LogP contribution in [0.3, 0.4) is 0 Å². The van der Waals surface area contributed by atoms with Gasteiger partial charge in [0, 0.05) is 17.8 Å². The zero-order valence-electron chi connectivity index (χ0n) is 12.2. The predicted octanol–water partition coefficient (Wildman–Crippen LogP) is 3.57. The van der Waals surface area contributed by atoms with Crippen molar-refractivity contribution in [3.05, 3.63) is 23.9 Å². The molecule has 0 aliphatic heterocycles. The van der Waals surface area contributed by atoms with Gasteiger partial charge in [-0.25, -0.2) is 4.98 Å². The Hall–Kier alpha value is -1.09. The molecular weight excluding hydrogens is 224 g/mol. The van der Waals surface area contributed by atoms with Crippen molar-refractivity contribution in [3.8, 4) is 5.88 Å². The molecule has 18 heavy (non-hydrogen) atoms. The monoisotopic (exact) mass is 250 g/mol. The van der Waals surface area contributed by atoms with Gasteiger partial charge in [0.15, 0.2) is 0 Å². The summed E-state index contributed by atoms with van der Waals surface area (Å²) in [5.74, 6) is 1.40. The highest BCUT2D eigenvalue weighted by Crippen LogP contribution is 2.24. The van der Waals surface area contributed by atoms with Crippen LogP contribution < -0.4 is 10.1 Å². The molecule has 0 radical (unpaired) electrons. The maximum atomic E-state index is 5.97. The van der Waals surface area contributed by atoms with Gasteiger partial charge in [0.25, 0.3) is 0 Å². The van der Waals surface area contributed by atoms with Crippen molar-refractivity contribution in [2.75, 3.05) is 6.54 Å². The average molecular weight is 250 g/mol. The van der Waals surface area contributed by atoms with Crippen molar-refractivity contribution in [1.29, 1.82) is 0 Å². The van der Waals surface area contributed by atoms with E-state index in [1.165, 1.54) is 0 Å². The maximum absolute atomic E-state index is 5.97. The first-order valence-corrected chi connectivity index (χ1v) is 6.89. The summed E-state index contributed by atoms with van der Waals surface area (Å²) in [6.07, 6.45) is 3.04. The molecule has 3 nitrogen and oxygen atoms in total. The maximum Gasteiger partial charge on any atom is 0.218 e.